The molecule has 1 aliphatic rings. The van der Waals surface area contributed by atoms with Gasteiger partial charge in [0.05, 0.1) is 19.3 Å². The zero-order valence-corrected chi connectivity index (χ0v) is 13.8. The van der Waals surface area contributed by atoms with Crippen molar-refractivity contribution in [2.45, 2.75) is 6.18 Å². The second-order valence-corrected chi connectivity index (χ2v) is 5.80. The molecule has 1 aliphatic heterocycles. The third-order valence-electron chi connectivity index (χ3n) is 4.00. The summed E-state index contributed by atoms with van der Waals surface area (Å²) < 4.78 is 42.3. The van der Waals surface area contributed by atoms with Crippen molar-refractivity contribution in [3.63, 3.8) is 0 Å². The number of carbonyl (C=O) groups excluding carboxylic acids is 1. The first kappa shape index (κ1) is 18.4. The second kappa shape index (κ2) is 7.74. The fourth-order valence-corrected chi connectivity index (χ4v) is 2.71. The summed E-state index contributed by atoms with van der Waals surface area (Å²) in [7, 11) is 2.80. The van der Waals surface area contributed by atoms with Gasteiger partial charge in [-0.15, -0.1) is 0 Å². The summed E-state index contributed by atoms with van der Waals surface area (Å²) in [5, 5.41) is 0. The monoisotopic (exact) mass is 345 g/mol. The van der Waals surface area contributed by atoms with Crippen molar-refractivity contribution >= 4 is 11.6 Å². The Hall–Kier alpha value is -1.96. The molecule has 0 bridgehead atoms. The van der Waals surface area contributed by atoms with E-state index in [9.17, 15) is 18.0 Å². The number of likely N-dealkylation sites (N-methyl/N-ethyl adjacent to an activating group) is 1. The summed E-state index contributed by atoms with van der Waals surface area (Å²) in [6.45, 7) is 1.40. The number of nitrogens with zero attached hydrogens (tertiary/aromatic N) is 3. The molecule has 0 atom stereocenters. The Morgan fingerprint density at radius 3 is 2.42 bits per heavy atom. The van der Waals surface area contributed by atoms with Crippen molar-refractivity contribution in [1.82, 2.24) is 9.80 Å². The van der Waals surface area contributed by atoms with Crippen LogP contribution >= 0.6 is 0 Å². The van der Waals surface area contributed by atoms with Gasteiger partial charge in [0.25, 0.3) is 0 Å². The molecular formula is C16H22F3N3O2. The molecule has 1 heterocycles. The summed E-state index contributed by atoms with van der Waals surface area (Å²) in [6, 6.07) is 7.68. The molecule has 134 valence electrons. The van der Waals surface area contributed by atoms with Crippen LogP contribution in [0.1, 0.15) is 0 Å². The number of anilines is 1. The van der Waals surface area contributed by atoms with Gasteiger partial charge >= 0.3 is 6.18 Å². The van der Waals surface area contributed by atoms with Gasteiger partial charge in [0.15, 0.2) is 0 Å². The van der Waals surface area contributed by atoms with Gasteiger partial charge in [-0.2, -0.15) is 13.2 Å². The first-order chi connectivity index (χ1) is 11.3. The minimum atomic E-state index is -4.37. The number of piperazine rings is 1. The standard InChI is InChI=1S/C16H22F3N3O2/c1-20(12-16(17,18)19)15(23)11-21-7-9-22(10-8-21)13-5-3-4-6-14(13)24-2/h3-6H,7-12H2,1-2H3. The largest absolute Gasteiger partial charge is 0.495 e. The van der Waals surface area contributed by atoms with Gasteiger partial charge in [-0.05, 0) is 12.1 Å². The molecule has 0 saturated carbocycles. The van der Waals surface area contributed by atoms with E-state index >= 15 is 0 Å². The summed E-state index contributed by atoms with van der Waals surface area (Å²) in [6.07, 6.45) is -4.37. The summed E-state index contributed by atoms with van der Waals surface area (Å²) >= 11 is 0. The SMILES string of the molecule is COc1ccccc1N1CCN(CC(=O)N(C)CC(F)(F)F)CC1. The first-order valence-electron chi connectivity index (χ1n) is 7.71. The molecule has 0 N–H and O–H groups in total. The maximum atomic E-state index is 12.3. The molecule has 0 unspecified atom stereocenters. The van der Waals surface area contributed by atoms with Crippen LogP contribution in [0, 0.1) is 0 Å². The number of para-hydroxylation sites is 2. The number of amides is 1. The Balaban J connectivity index is 1.85. The molecule has 8 heteroatoms. The number of benzene rings is 1. The van der Waals surface area contributed by atoms with Crippen LogP contribution in [0.25, 0.3) is 0 Å². The van der Waals surface area contributed by atoms with Crippen molar-refractivity contribution in [3.05, 3.63) is 24.3 Å². The van der Waals surface area contributed by atoms with E-state index in [1.807, 2.05) is 29.2 Å². The lowest BCUT2D eigenvalue weighted by Crippen LogP contribution is -2.50. The van der Waals surface area contributed by atoms with Crippen LogP contribution in [0.5, 0.6) is 5.75 Å². The molecular weight excluding hydrogens is 323 g/mol. The minimum Gasteiger partial charge on any atom is -0.495 e. The number of carbonyl (C=O) groups is 1. The van der Waals surface area contributed by atoms with Crippen LogP contribution in [-0.2, 0) is 4.79 Å². The zero-order valence-electron chi connectivity index (χ0n) is 13.8. The second-order valence-electron chi connectivity index (χ2n) is 5.80. The molecule has 5 nitrogen and oxygen atoms in total. The smallest absolute Gasteiger partial charge is 0.406 e. The van der Waals surface area contributed by atoms with E-state index in [1.54, 1.807) is 7.11 Å². The predicted octanol–water partition coefficient (Wildman–Crippen LogP) is 1.84. The molecule has 1 aromatic carbocycles. The predicted molar refractivity (Wildman–Crippen MR) is 85.3 cm³/mol. The lowest BCUT2D eigenvalue weighted by atomic mass is 10.2. The van der Waals surface area contributed by atoms with E-state index in [4.69, 9.17) is 4.74 Å². The van der Waals surface area contributed by atoms with Crippen molar-refractivity contribution in [2.75, 3.05) is 58.3 Å². The number of hydrogen-bond acceptors (Lipinski definition) is 4. The van der Waals surface area contributed by atoms with E-state index < -0.39 is 18.6 Å². The summed E-state index contributed by atoms with van der Waals surface area (Å²) in [5.74, 6) is 0.269. The van der Waals surface area contributed by atoms with Crippen LogP contribution in [0.4, 0.5) is 18.9 Å². The van der Waals surface area contributed by atoms with E-state index in [0.717, 1.165) is 16.3 Å². The number of hydrogen-bond donors (Lipinski definition) is 0. The average molecular weight is 345 g/mol. The lowest BCUT2D eigenvalue weighted by Gasteiger charge is -2.36. The van der Waals surface area contributed by atoms with Gasteiger partial charge in [-0.3, -0.25) is 9.69 Å². The highest BCUT2D eigenvalue weighted by molar-refractivity contribution is 5.78. The third-order valence-corrected chi connectivity index (χ3v) is 4.00. The van der Waals surface area contributed by atoms with Gasteiger partial charge in [0.2, 0.25) is 5.91 Å². The van der Waals surface area contributed by atoms with E-state index in [0.29, 0.717) is 26.2 Å². The van der Waals surface area contributed by atoms with Crippen LogP contribution in [0.15, 0.2) is 24.3 Å². The molecule has 0 aromatic heterocycles. The Bertz CT molecular complexity index is 558. The summed E-state index contributed by atoms with van der Waals surface area (Å²) in [5.41, 5.74) is 0.986. The molecule has 0 spiro atoms. The Morgan fingerprint density at radius 2 is 1.83 bits per heavy atom. The molecule has 1 aromatic rings. The molecule has 1 fully saturated rings. The van der Waals surface area contributed by atoms with Crippen molar-refractivity contribution in [3.8, 4) is 5.75 Å². The Kier molecular flexibility index (Phi) is 5.93. The van der Waals surface area contributed by atoms with Crippen LogP contribution in [-0.4, -0.2) is 75.3 Å². The van der Waals surface area contributed by atoms with Crippen LogP contribution < -0.4 is 9.64 Å². The molecule has 0 aliphatic carbocycles. The Labute approximate surface area is 139 Å². The maximum Gasteiger partial charge on any atom is 0.406 e. The highest BCUT2D eigenvalue weighted by Crippen LogP contribution is 2.28. The van der Waals surface area contributed by atoms with E-state index in [1.165, 1.54) is 7.05 Å². The van der Waals surface area contributed by atoms with Crippen molar-refractivity contribution < 1.29 is 22.7 Å². The number of alkyl halides is 3. The third kappa shape index (κ3) is 5.02. The Morgan fingerprint density at radius 1 is 1.21 bits per heavy atom. The van der Waals surface area contributed by atoms with Gasteiger partial charge in [0.1, 0.15) is 12.3 Å². The van der Waals surface area contributed by atoms with Crippen LogP contribution in [0.2, 0.25) is 0 Å². The first-order valence-corrected chi connectivity index (χ1v) is 7.71. The number of ether oxygens (including phenoxy) is 1. The number of rotatable bonds is 5. The van der Waals surface area contributed by atoms with Gasteiger partial charge in [0, 0.05) is 33.2 Å². The normalized spacial score (nSPS) is 16.1. The minimum absolute atomic E-state index is 0.00629. The van der Waals surface area contributed by atoms with E-state index in [-0.39, 0.29) is 6.54 Å². The summed E-state index contributed by atoms with van der Waals surface area (Å²) in [4.78, 5) is 16.6. The molecule has 1 saturated heterocycles. The molecule has 24 heavy (non-hydrogen) atoms. The molecule has 0 radical (unpaired) electrons. The molecule has 1 amide bonds. The number of halogens is 3. The zero-order chi connectivity index (χ0) is 17.7. The average Bonchev–Trinajstić information content (AvgIpc) is 2.54. The quantitative estimate of drug-likeness (QED) is 0.816. The van der Waals surface area contributed by atoms with Gasteiger partial charge in [-0.1, -0.05) is 12.1 Å². The van der Waals surface area contributed by atoms with Crippen LogP contribution in [0.3, 0.4) is 0 Å². The van der Waals surface area contributed by atoms with Crippen molar-refractivity contribution in [1.29, 1.82) is 0 Å². The van der Waals surface area contributed by atoms with E-state index in [2.05, 4.69) is 4.90 Å². The van der Waals surface area contributed by atoms with Gasteiger partial charge in [-0.25, -0.2) is 0 Å². The number of methoxy groups -OCH3 is 1. The van der Waals surface area contributed by atoms with Crippen molar-refractivity contribution in [2.24, 2.45) is 0 Å². The lowest BCUT2D eigenvalue weighted by molar-refractivity contribution is -0.159. The topological polar surface area (TPSA) is 36.0 Å². The fraction of sp³-hybridized carbons (Fsp3) is 0.562. The highest BCUT2D eigenvalue weighted by Gasteiger charge is 2.32. The highest BCUT2D eigenvalue weighted by atomic mass is 19.4. The fourth-order valence-electron chi connectivity index (χ4n) is 2.71. The molecule has 2 rings (SSSR count). The maximum absolute atomic E-state index is 12.3. The van der Waals surface area contributed by atoms with Gasteiger partial charge < -0.3 is 14.5 Å².